The molecule has 1 rings (SSSR count). The van der Waals surface area contributed by atoms with E-state index >= 15 is 0 Å². The van der Waals surface area contributed by atoms with E-state index < -0.39 is 6.61 Å². The molecule has 0 aromatic heterocycles. The summed E-state index contributed by atoms with van der Waals surface area (Å²) in [7, 11) is 3.71. The predicted octanol–water partition coefficient (Wildman–Crippen LogP) is 2.71. The molecule has 0 aliphatic rings. The molecule has 5 nitrogen and oxygen atoms in total. The lowest BCUT2D eigenvalue weighted by atomic mass is 10.2. The summed E-state index contributed by atoms with van der Waals surface area (Å²) < 4.78 is 35.2. The van der Waals surface area contributed by atoms with E-state index in [4.69, 9.17) is 4.74 Å². The minimum absolute atomic E-state index is 0.0395. The van der Waals surface area contributed by atoms with Gasteiger partial charge in [-0.05, 0) is 19.9 Å². The van der Waals surface area contributed by atoms with Crippen molar-refractivity contribution in [2.45, 2.75) is 27.0 Å². The first kappa shape index (κ1) is 18.0. The normalized spacial score (nSPS) is 11.5. The van der Waals surface area contributed by atoms with Crippen LogP contribution in [0.5, 0.6) is 11.5 Å². The highest BCUT2D eigenvalue weighted by Gasteiger charge is 2.15. The van der Waals surface area contributed by atoms with Gasteiger partial charge in [0.2, 0.25) is 0 Å². The zero-order valence-corrected chi connectivity index (χ0v) is 13.4. The van der Waals surface area contributed by atoms with Crippen LogP contribution in [0, 0.1) is 0 Å². The van der Waals surface area contributed by atoms with Crippen LogP contribution >= 0.6 is 0 Å². The highest BCUT2D eigenvalue weighted by atomic mass is 19.3. The Morgan fingerprint density at radius 2 is 2.05 bits per heavy atom. The van der Waals surface area contributed by atoms with Gasteiger partial charge in [-0.3, -0.25) is 0 Å². The zero-order valence-electron chi connectivity index (χ0n) is 13.4. The molecule has 1 N–H and O–H groups in total. The number of nitrogens with zero attached hydrogens (tertiary/aromatic N) is 2. The molecule has 7 heteroatoms. The van der Waals surface area contributed by atoms with Gasteiger partial charge in [-0.15, -0.1) is 0 Å². The Kier molecular flexibility index (Phi) is 7.42. The van der Waals surface area contributed by atoms with Crippen LogP contribution in [-0.4, -0.2) is 44.7 Å². The summed E-state index contributed by atoms with van der Waals surface area (Å²) in [5, 5.41) is 3.11. The number of nitrogens with one attached hydrogen (secondary N) is 1. The summed E-state index contributed by atoms with van der Waals surface area (Å²) in [6.07, 6.45) is 0. The van der Waals surface area contributed by atoms with Gasteiger partial charge in [0.15, 0.2) is 17.5 Å². The second kappa shape index (κ2) is 9.07. The van der Waals surface area contributed by atoms with E-state index in [1.165, 1.54) is 0 Å². The van der Waals surface area contributed by atoms with E-state index in [1.54, 1.807) is 25.1 Å². The first-order valence-corrected chi connectivity index (χ1v) is 7.14. The molecular weight excluding hydrogens is 292 g/mol. The van der Waals surface area contributed by atoms with Gasteiger partial charge >= 0.3 is 6.61 Å². The quantitative estimate of drug-likeness (QED) is 0.621. The third-order valence-corrected chi connectivity index (χ3v) is 2.72. The van der Waals surface area contributed by atoms with E-state index in [2.05, 4.69) is 15.0 Å². The minimum Gasteiger partial charge on any atom is -0.490 e. The number of hydrogen-bond acceptors (Lipinski definition) is 3. The fraction of sp³-hybridized carbons (Fsp3) is 0.533. The van der Waals surface area contributed by atoms with Crippen molar-refractivity contribution in [1.29, 1.82) is 0 Å². The van der Waals surface area contributed by atoms with Gasteiger partial charge in [-0.2, -0.15) is 8.78 Å². The number of alkyl halides is 2. The first-order chi connectivity index (χ1) is 10.5. The van der Waals surface area contributed by atoms with Gasteiger partial charge in [0.25, 0.3) is 0 Å². The van der Waals surface area contributed by atoms with Crippen LogP contribution in [0.15, 0.2) is 23.2 Å². The Hall–Kier alpha value is -2.05. The number of halogens is 2. The van der Waals surface area contributed by atoms with Gasteiger partial charge < -0.3 is 19.7 Å². The summed E-state index contributed by atoms with van der Waals surface area (Å²) in [6, 6.07) is 5.03. The van der Waals surface area contributed by atoms with Crippen molar-refractivity contribution < 1.29 is 18.3 Å². The molecule has 0 radical (unpaired) electrons. The lowest BCUT2D eigenvalue weighted by Crippen LogP contribution is -2.36. The van der Waals surface area contributed by atoms with Crippen LogP contribution in [0.25, 0.3) is 0 Å². The van der Waals surface area contributed by atoms with Crippen LogP contribution in [0.2, 0.25) is 0 Å². The van der Waals surface area contributed by atoms with Gasteiger partial charge in [0, 0.05) is 26.2 Å². The smallest absolute Gasteiger partial charge is 0.387 e. The fourth-order valence-electron chi connectivity index (χ4n) is 1.85. The lowest BCUT2D eigenvalue weighted by Gasteiger charge is -2.18. The maximum atomic E-state index is 12.6. The van der Waals surface area contributed by atoms with E-state index in [1.807, 2.05) is 25.9 Å². The molecule has 22 heavy (non-hydrogen) atoms. The van der Waals surface area contributed by atoms with Crippen LogP contribution < -0.4 is 14.8 Å². The summed E-state index contributed by atoms with van der Waals surface area (Å²) in [5.41, 5.74) is 0.545. The number of para-hydroxylation sites is 1. The van der Waals surface area contributed by atoms with Crippen molar-refractivity contribution in [1.82, 2.24) is 10.2 Å². The molecule has 0 fully saturated rings. The second-order valence-electron chi connectivity index (χ2n) is 4.62. The molecule has 0 saturated heterocycles. The van der Waals surface area contributed by atoms with Crippen molar-refractivity contribution in [3.8, 4) is 11.5 Å². The largest absolute Gasteiger partial charge is 0.490 e. The molecule has 0 unspecified atom stereocenters. The van der Waals surface area contributed by atoms with E-state index in [0.29, 0.717) is 23.9 Å². The molecule has 0 aliphatic heterocycles. The average Bonchev–Trinajstić information content (AvgIpc) is 2.45. The average molecular weight is 315 g/mol. The first-order valence-electron chi connectivity index (χ1n) is 7.14. The molecule has 0 bridgehead atoms. The van der Waals surface area contributed by atoms with Crippen molar-refractivity contribution in [3.05, 3.63) is 23.8 Å². The highest BCUT2D eigenvalue weighted by molar-refractivity contribution is 5.79. The number of benzene rings is 1. The van der Waals surface area contributed by atoms with Gasteiger partial charge in [-0.25, -0.2) is 4.99 Å². The Morgan fingerprint density at radius 3 is 2.59 bits per heavy atom. The Balaban J connectivity index is 3.06. The number of guanidine groups is 1. The van der Waals surface area contributed by atoms with Crippen molar-refractivity contribution in [2.24, 2.45) is 4.99 Å². The third kappa shape index (κ3) is 5.38. The van der Waals surface area contributed by atoms with E-state index in [0.717, 1.165) is 6.54 Å². The fourth-order valence-corrected chi connectivity index (χ4v) is 1.85. The molecule has 124 valence electrons. The maximum Gasteiger partial charge on any atom is 0.387 e. The van der Waals surface area contributed by atoms with E-state index in [9.17, 15) is 8.78 Å². The van der Waals surface area contributed by atoms with Crippen molar-refractivity contribution >= 4 is 5.96 Å². The number of ether oxygens (including phenoxy) is 2. The molecule has 0 atom stereocenters. The molecule has 0 saturated carbocycles. The summed E-state index contributed by atoms with van der Waals surface area (Å²) in [6.45, 7) is 2.13. The summed E-state index contributed by atoms with van der Waals surface area (Å²) in [4.78, 5) is 6.23. The molecule has 0 heterocycles. The number of aliphatic imine (C=N–C) groups is 1. The predicted molar refractivity (Wildman–Crippen MR) is 82.7 cm³/mol. The molecule has 0 aliphatic carbocycles. The summed E-state index contributed by atoms with van der Waals surface area (Å²) >= 11 is 0. The lowest BCUT2D eigenvalue weighted by molar-refractivity contribution is -0.0520. The number of hydrogen-bond donors (Lipinski definition) is 1. The zero-order chi connectivity index (χ0) is 16.5. The van der Waals surface area contributed by atoms with Gasteiger partial charge in [-0.1, -0.05) is 12.1 Å². The van der Waals surface area contributed by atoms with E-state index in [-0.39, 0.29) is 12.3 Å². The Labute approximate surface area is 129 Å². The topological polar surface area (TPSA) is 46.1 Å². The second-order valence-corrected chi connectivity index (χ2v) is 4.62. The Morgan fingerprint density at radius 1 is 1.32 bits per heavy atom. The minimum atomic E-state index is -2.91. The van der Waals surface area contributed by atoms with Crippen LogP contribution in [0.3, 0.4) is 0 Å². The molecular formula is C15H23F2N3O2. The van der Waals surface area contributed by atoms with Crippen LogP contribution in [0.4, 0.5) is 8.78 Å². The molecule has 1 aromatic rings. The van der Waals surface area contributed by atoms with Gasteiger partial charge in [0.1, 0.15) is 0 Å². The third-order valence-electron chi connectivity index (χ3n) is 2.72. The maximum absolute atomic E-state index is 12.6. The number of rotatable bonds is 7. The molecule has 0 spiro atoms. The van der Waals surface area contributed by atoms with Crippen molar-refractivity contribution in [2.75, 3.05) is 27.2 Å². The van der Waals surface area contributed by atoms with Crippen LogP contribution in [-0.2, 0) is 6.54 Å². The van der Waals surface area contributed by atoms with Crippen LogP contribution in [0.1, 0.15) is 19.4 Å². The van der Waals surface area contributed by atoms with Crippen molar-refractivity contribution in [3.63, 3.8) is 0 Å². The standard InChI is InChI=1S/C15H23F2N3O2/c1-5-18-15(20(3)4)19-10-11-8-7-9-12(21-6-2)13(11)22-14(16)17/h7-9,14H,5-6,10H2,1-4H3,(H,18,19). The molecule has 0 amide bonds. The Bertz CT molecular complexity index is 494. The monoisotopic (exact) mass is 315 g/mol. The van der Waals surface area contributed by atoms with Gasteiger partial charge in [0.05, 0.1) is 13.2 Å². The SMILES string of the molecule is CCNC(=NCc1cccc(OCC)c1OC(F)F)N(C)C. The molecule has 1 aromatic carbocycles. The highest BCUT2D eigenvalue weighted by Crippen LogP contribution is 2.33. The summed E-state index contributed by atoms with van der Waals surface area (Å²) in [5.74, 6) is 1.01.